The number of piperazine rings is 1. The monoisotopic (exact) mass is 563 g/mol. The zero-order valence-electron chi connectivity index (χ0n) is 21.6. The number of phenols is 1. The molecular weight excluding hydrogens is 534 g/mol. The highest BCUT2D eigenvalue weighted by atomic mass is 35.5. The van der Waals surface area contributed by atoms with Gasteiger partial charge in [0.25, 0.3) is 5.91 Å². The molecule has 1 aliphatic rings. The normalized spacial score (nSPS) is 14.0. The van der Waals surface area contributed by atoms with Gasteiger partial charge < -0.3 is 21.1 Å². The third-order valence-corrected chi connectivity index (χ3v) is 6.27. The Balaban J connectivity index is 1.13. The van der Waals surface area contributed by atoms with Crippen molar-refractivity contribution in [3.8, 4) is 5.75 Å². The van der Waals surface area contributed by atoms with Crippen molar-refractivity contribution in [3.05, 3.63) is 83.4 Å². The van der Waals surface area contributed by atoms with E-state index in [2.05, 4.69) is 26.5 Å². The van der Waals surface area contributed by atoms with Crippen LogP contribution in [0.4, 0.5) is 21.9 Å². The van der Waals surface area contributed by atoms with Gasteiger partial charge in [0.2, 0.25) is 5.91 Å². The molecule has 0 bridgehead atoms. The summed E-state index contributed by atoms with van der Waals surface area (Å²) in [5.41, 5.74) is 4.75. The van der Waals surface area contributed by atoms with Crippen molar-refractivity contribution in [1.29, 1.82) is 0 Å². The van der Waals surface area contributed by atoms with Gasteiger partial charge in [-0.2, -0.15) is 5.10 Å². The smallest absolute Gasteiger partial charge is 0.323 e. The third-order valence-electron chi connectivity index (χ3n) is 6.04. The van der Waals surface area contributed by atoms with E-state index in [1.165, 1.54) is 6.21 Å². The fraction of sp³-hybridized carbons (Fsp3) is 0.214. The fourth-order valence-electron chi connectivity index (χ4n) is 4.01. The number of carbonyl (C=O) groups excluding carboxylic acids is 3. The molecule has 0 unspecified atom stereocenters. The zero-order valence-corrected chi connectivity index (χ0v) is 22.4. The van der Waals surface area contributed by atoms with E-state index in [-0.39, 0.29) is 30.7 Å². The summed E-state index contributed by atoms with van der Waals surface area (Å²) < 4.78 is 0. The standard InChI is InChI=1S/C28H30ClN7O4/c29-21-5-3-6-24(16-21)33-28(40)32-23-10-8-22(9-11-23)31-26(38)18-35-12-14-36(15-13-35)19-27(39)34-30-17-20-4-1-2-7-25(20)37/h1-11,16-17,37H,12-15,18-19H2,(H,31,38)(H,34,39)(H2,32,33,40)/b30-17+. The number of amides is 4. The van der Waals surface area contributed by atoms with Crippen LogP contribution < -0.4 is 21.4 Å². The van der Waals surface area contributed by atoms with Crippen molar-refractivity contribution in [2.75, 3.05) is 55.2 Å². The Morgan fingerprint density at radius 2 is 1.38 bits per heavy atom. The van der Waals surface area contributed by atoms with E-state index in [4.69, 9.17) is 11.6 Å². The van der Waals surface area contributed by atoms with Crippen LogP contribution in [-0.4, -0.2) is 78.2 Å². The van der Waals surface area contributed by atoms with Crippen LogP contribution in [0.15, 0.2) is 77.9 Å². The number of carbonyl (C=O) groups is 3. The van der Waals surface area contributed by atoms with Gasteiger partial charge >= 0.3 is 6.03 Å². The number of urea groups is 1. The minimum absolute atomic E-state index is 0.0876. The van der Waals surface area contributed by atoms with E-state index in [0.717, 1.165) is 0 Å². The summed E-state index contributed by atoms with van der Waals surface area (Å²) in [6, 6.07) is 20.0. The van der Waals surface area contributed by atoms with E-state index in [1.54, 1.807) is 72.8 Å². The number of aromatic hydroxyl groups is 1. The van der Waals surface area contributed by atoms with Crippen molar-refractivity contribution in [2.24, 2.45) is 5.10 Å². The average molecular weight is 564 g/mol. The van der Waals surface area contributed by atoms with Gasteiger partial charge in [-0.3, -0.25) is 19.4 Å². The first kappa shape index (κ1) is 28.6. The number of nitrogens with one attached hydrogen (secondary N) is 4. The molecule has 0 saturated carbocycles. The molecule has 11 nitrogen and oxygen atoms in total. The molecule has 40 heavy (non-hydrogen) atoms. The van der Waals surface area contributed by atoms with Gasteiger partial charge in [-0.05, 0) is 54.6 Å². The molecule has 0 radical (unpaired) electrons. The van der Waals surface area contributed by atoms with E-state index in [9.17, 15) is 19.5 Å². The topological polar surface area (TPSA) is 138 Å². The first-order valence-corrected chi connectivity index (χ1v) is 13.0. The molecule has 1 saturated heterocycles. The average Bonchev–Trinajstić information content (AvgIpc) is 2.92. The molecule has 0 atom stereocenters. The molecule has 3 aromatic carbocycles. The summed E-state index contributed by atoms with van der Waals surface area (Å²) in [5, 5.41) is 22.5. The molecule has 12 heteroatoms. The summed E-state index contributed by atoms with van der Waals surface area (Å²) in [5.74, 6) is -0.313. The lowest BCUT2D eigenvalue weighted by atomic mass is 10.2. The quantitative estimate of drug-likeness (QED) is 0.200. The molecule has 0 aromatic heterocycles. The third kappa shape index (κ3) is 9.09. The first-order chi connectivity index (χ1) is 19.3. The van der Waals surface area contributed by atoms with Crippen molar-refractivity contribution < 1.29 is 19.5 Å². The second-order valence-corrected chi connectivity index (χ2v) is 9.56. The lowest BCUT2D eigenvalue weighted by molar-refractivity contribution is -0.123. The molecule has 5 N–H and O–H groups in total. The predicted molar refractivity (Wildman–Crippen MR) is 156 cm³/mol. The first-order valence-electron chi connectivity index (χ1n) is 12.6. The summed E-state index contributed by atoms with van der Waals surface area (Å²) in [7, 11) is 0. The number of rotatable bonds is 9. The lowest BCUT2D eigenvalue weighted by Crippen LogP contribution is -2.50. The summed E-state index contributed by atoms with van der Waals surface area (Å²) in [4.78, 5) is 40.9. The van der Waals surface area contributed by atoms with Gasteiger partial charge in [-0.25, -0.2) is 10.2 Å². The van der Waals surface area contributed by atoms with Gasteiger partial charge in [-0.15, -0.1) is 0 Å². The van der Waals surface area contributed by atoms with Crippen LogP contribution in [0, 0.1) is 0 Å². The molecule has 208 valence electrons. The highest BCUT2D eigenvalue weighted by Crippen LogP contribution is 2.17. The SMILES string of the molecule is O=C(CN1CCN(CC(=O)Nc2ccc(NC(=O)Nc3cccc(Cl)c3)cc2)CC1)N/N=C/c1ccccc1O. The molecule has 4 amide bonds. The highest BCUT2D eigenvalue weighted by Gasteiger charge is 2.20. The largest absolute Gasteiger partial charge is 0.507 e. The van der Waals surface area contributed by atoms with Crippen LogP contribution in [0.3, 0.4) is 0 Å². The van der Waals surface area contributed by atoms with Gasteiger partial charge in [-0.1, -0.05) is 29.8 Å². The van der Waals surface area contributed by atoms with Gasteiger partial charge in [0.05, 0.1) is 19.3 Å². The number of halogens is 1. The molecule has 0 spiro atoms. The second kappa shape index (κ2) is 14.1. The summed E-state index contributed by atoms with van der Waals surface area (Å²) in [6.07, 6.45) is 1.40. The number of benzene rings is 3. The van der Waals surface area contributed by atoms with E-state index < -0.39 is 6.03 Å². The number of hydrogen-bond acceptors (Lipinski definition) is 7. The number of nitrogens with zero attached hydrogens (tertiary/aromatic N) is 3. The Morgan fingerprint density at radius 3 is 2.02 bits per heavy atom. The Morgan fingerprint density at radius 1 is 0.775 bits per heavy atom. The second-order valence-electron chi connectivity index (χ2n) is 9.12. The fourth-order valence-corrected chi connectivity index (χ4v) is 4.20. The Labute approximate surface area is 236 Å². The van der Waals surface area contributed by atoms with Crippen molar-refractivity contribution >= 4 is 52.7 Å². The summed E-state index contributed by atoms with van der Waals surface area (Å²) >= 11 is 5.93. The maximum Gasteiger partial charge on any atom is 0.323 e. The summed E-state index contributed by atoms with van der Waals surface area (Å²) in [6.45, 7) is 2.99. The number of phenolic OH excluding ortho intramolecular Hbond substituents is 1. The molecule has 4 rings (SSSR count). The number of para-hydroxylation sites is 1. The molecule has 1 aliphatic heterocycles. The predicted octanol–water partition coefficient (Wildman–Crippen LogP) is 3.40. The van der Waals surface area contributed by atoms with Crippen LogP contribution in [-0.2, 0) is 9.59 Å². The molecule has 1 fully saturated rings. The molecule has 3 aromatic rings. The van der Waals surface area contributed by atoms with Crippen molar-refractivity contribution in [1.82, 2.24) is 15.2 Å². The Kier molecular flexibility index (Phi) is 10.1. The molecule has 0 aliphatic carbocycles. The van der Waals surface area contributed by atoms with E-state index in [0.29, 0.717) is 53.8 Å². The highest BCUT2D eigenvalue weighted by molar-refractivity contribution is 6.30. The lowest BCUT2D eigenvalue weighted by Gasteiger charge is -2.33. The minimum atomic E-state index is -0.407. The van der Waals surface area contributed by atoms with Gasteiger partial charge in [0, 0.05) is 53.8 Å². The van der Waals surface area contributed by atoms with Crippen LogP contribution >= 0.6 is 11.6 Å². The minimum Gasteiger partial charge on any atom is -0.507 e. The maximum absolute atomic E-state index is 12.5. The van der Waals surface area contributed by atoms with E-state index in [1.807, 2.05) is 9.80 Å². The Bertz CT molecular complexity index is 1360. The van der Waals surface area contributed by atoms with Crippen LogP contribution in [0.25, 0.3) is 0 Å². The molecular formula is C28H30ClN7O4. The number of anilines is 3. The van der Waals surface area contributed by atoms with Gasteiger partial charge in [0.15, 0.2) is 0 Å². The number of hydrogen-bond donors (Lipinski definition) is 5. The van der Waals surface area contributed by atoms with Crippen LogP contribution in [0.1, 0.15) is 5.56 Å². The number of hydrazone groups is 1. The van der Waals surface area contributed by atoms with E-state index >= 15 is 0 Å². The zero-order chi connectivity index (χ0) is 28.3. The van der Waals surface area contributed by atoms with Crippen molar-refractivity contribution in [2.45, 2.75) is 0 Å². The van der Waals surface area contributed by atoms with Gasteiger partial charge in [0.1, 0.15) is 5.75 Å². The van der Waals surface area contributed by atoms with Crippen molar-refractivity contribution in [3.63, 3.8) is 0 Å². The molecule has 1 heterocycles. The van der Waals surface area contributed by atoms with Crippen LogP contribution in [0.2, 0.25) is 5.02 Å². The maximum atomic E-state index is 12.5. The van der Waals surface area contributed by atoms with Crippen LogP contribution in [0.5, 0.6) is 5.75 Å². The Hall–Kier alpha value is -4.45.